The number of benzene rings is 2. The molecule has 2 aliphatic rings. The summed E-state index contributed by atoms with van der Waals surface area (Å²) in [5.74, 6) is 0.843. The summed E-state index contributed by atoms with van der Waals surface area (Å²) in [6.07, 6.45) is 1.62. The van der Waals surface area contributed by atoms with Crippen molar-refractivity contribution in [2.24, 2.45) is 0 Å². The van der Waals surface area contributed by atoms with Crippen LogP contribution >= 0.6 is 0 Å². The second-order valence-corrected chi connectivity index (χ2v) is 10.9. The minimum Gasteiger partial charge on any atom is -0.489 e. The first-order valence-electron chi connectivity index (χ1n) is 13.0. The number of H-pyrrole nitrogens is 1. The van der Waals surface area contributed by atoms with Crippen molar-refractivity contribution in [3.05, 3.63) is 36.0 Å². The number of nitrogens with zero attached hydrogens (tertiary/aromatic N) is 3. The summed E-state index contributed by atoms with van der Waals surface area (Å²) < 4.78 is 17.5. The van der Waals surface area contributed by atoms with Gasteiger partial charge in [0.1, 0.15) is 17.5 Å². The van der Waals surface area contributed by atoms with Crippen molar-refractivity contribution in [3.8, 4) is 16.9 Å². The van der Waals surface area contributed by atoms with Gasteiger partial charge in [0, 0.05) is 39.0 Å². The number of nitrogens with two attached hydrogens (primary N) is 1. The molecule has 1 amide bonds. The molecule has 0 aliphatic carbocycles. The zero-order chi connectivity index (χ0) is 26.2. The normalized spacial score (nSPS) is 17.3. The summed E-state index contributed by atoms with van der Waals surface area (Å²) in [5, 5.41) is 8.61. The fraction of sp³-hybridized carbons (Fsp3) is 0.500. The standard InChI is InChI=1S/C28H37N5O4/c1-18-26-23(31-30-18)15-20(17-25(26)36-21-7-13-35-14-8-21)19-5-6-22(29)24(16-19)32-9-11-33(12-10-32)27(34)37-28(2,3)4/h5-6,15-17,21H,7-14,29H2,1-4H3,(H,30,31). The van der Waals surface area contributed by atoms with E-state index in [0.29, 0.717) is 31.9 Å². The fourth-order valence-electron chi connectivity index (χ4n) is 4.96. The van der Waals surface area contributed by atoms with E-state index >= 15 is 0 Å². The first kappa shape index (κ1) is 25.2. The van der Waals surface area contributed by atoms with E-state index < -0.39 is 5.60 Å². The molecule has 0 bridgehead atoms. The van der Waals surface area contributed by atoms with E-state index in [4.69, 9.17) is 19.9 Å². The smallest absolute Gasteiger partial charge is 0.410 e. The Kier molecular flexibility index (Phi) is 6.90. The number of amides is 1. The van der Waals surface area contributed by atoms with Crippen molar-refractivity contribution in [3.63, 3.8) is 0 Å². The van der Waals surface area contributed by atoms with Gasteiger partial charge in [0.2, 0.25) is 0 Å². The van der Waals surface area contributed by atoms with Crippen LogP contribution in [0.4, 0.5) is 16.2 Å². The number of nitrogens with one attached hydrogen (secondary N) is 1. The maximum Gasteiger partial charge on any atom is 0.410 e. The molecule has 9 heteroatoms. The molecule has 3 N–H and O–H groups in total. The highest BCUT2D eigenvalue weighted by atomic mass is 16.6. The molecule has 2 aromatic carbocycles. The minimum absolute atomic E-state index is 0.129. The van der Waals surface area contributed by atoms with Crippen molar-refractivity contribution in [1.82, 2.24) is 15.1 Å². The molecule has 3 heterocycles. The van der Waals surface area contributed by atoms with Crippen molar-refractivity contribution < 1.29 is 19.0 Å². The maximum absolute atomic E-state index is 12.5. The second kappa shape index (κ2) is 10.1. The highest BCUT2D eigenvalue weighted by Gasteiger charge is 2.27. The van der Waals surface area contributed by atoms with Gasteiger partial charge in [-0.15, -0.1) is 0 Å². The maximum atomic E-state index is 12.5. The Hall–Kier alpha value is -3.46. The molecule has 0 radical (unpaired) electrons. The molecular weight excluding hydrogens is 470 g/mol. The van der Waals surface area contributed by atoms with Crippen molar-refractivity contribution in [2.45, 2.75) is 52.2 Å². The highest BCUT2D eigenvalue weighted by molar-refractivity contribution is 5.92. The quantitative estimate of drug-likeness (QED) is 0.492. The Labute approximate surface area is 217 Å². The van der Waals surface area contributed by atoms with Crippen LogP contribution in [0.5, 0.6) is 5.75 Å². The molecule has 0 atom stereocenters. The van der Waals surface area contributed by atoms with Crippen molar-refractivity contribution in [2.75, 3.05) is 50.0 Å². The van der Waals surface area contributed by atoms with Crippen LogP contribution in [0.15, 0.2) is 30.3 Å². The number of anilines is 2. The zero-order valence-electron chi connectivity index (χ0n) is 22.2. The number of ether oxygens (including phenoxy) is 3. The lowest BCUT2D eigenvalue weighted by atomic mass is 10.0. The summed E-state index contributed by atoms with van der Waals surface area (Å²) in [7, 11) is 0. The van der Waals surface area contributed by atoms with E-state index in [1.165, 1.54) is 0 Å². The molecule has 5 rings (SSSR count). The van der Waals surface area contributed by atoms with Gasteiger partial charge in [-0.05, 0) is 63.1 Å². The summed E-state index contributed by atoms with van der Waals surface area (Å²) in [5.41, 5.74) is 11.5. The summed E-state index contributed by atoms with van der Waals surface area (Å²) in [6, 6.07) is 10.3. The predicted octanol–water partition coefficient (Wildman–Crippen LogP) is 4.74. The van der Waals surface area contributed by atoms with E-state index in [1.807, 2.05) is 39.8 Å². The summed E-state index contributed by atoms with van der Waals surface area (Å²) in [6.45, 7) is 11.6. The Morgan fingerprint density at radius 3 is 2.51 bits per heavy atom. The van der Waals surface area contributed by atoms with Crippen molar-refractivity contribution in [1.29, 1.82) is 0 Å². The van der Waals surface area contributed by atoms with E-state index in [2.05, 4.69) is 33.3 Å². The van der Waals surface area contributed by atoms with Crippen LogP contribution < -0.4 is 15.4 Å². The lowest BCUT2D eigenvalue weighted by molar-refractivity contribution is 0.0239. The van der Waals surface area contributed by atoms with Gasteiger partial charge in [-0.2, -0.15) is 5.10 Å². The lowest BCUT2D eigenvalue weighted by Gasteiger charge is -2.37. The summed E-state index contributed by atoms with van der Waals surface area (Å²) in [4.78, 5) is 16.5. The molecule has 1 aromatic heterocycles. The zero-order valence-corrected chi connectivity index (χ0v) is 22.2. The van der Waals surface area contributed by atoms with Gasteiger partial charge in [-0.3, -0.25) is 5.10 Å². The summed E-state index contributed by atoms with van der Waals surface area (Å²) >= 11 is 0. The molecule has 2 saturated heterocycles. The largest absolute Gasteiger partial charge is 0.489 e. The number of nitrogen functional groups attached to an aromatic ring is 1. The van der Waals surface area contributed by atoms with Crippen LogP contribution in [0.2, 0.25) is 0 Å². The van der Waals surface area contributed by atoms with Crippen LogP contribution in [0, 0.1) is 6.92 Å². The Morgan fingerprint density at radius 1 is 1.08 bits per heavy atom. The molecule has 0 unspecified atom stereocenters. The van der Waals surface area contributed by atoms with Crippen molar-refractivity contribution >= 4 is 28.4 Å². The third kappa shape index (κ3) is 5.61. The molecule has 37 heavy (non-hydrogen) atoms. The van der Waals surface area contributed by atoms with Gasteiger partial charge in [0.05, 0.1) is 41.2 Å². The van der Waals surface area contributed by atoms with Gasteiger partial charge in [0.25, 0.3) is 0 Å². The predicted molar refractivity (Wildman–Crippen MR) is 145 cm³/mol. The lowest BCUT2D eigenvalue weighted by Crippen LogP contribution is -2.50. The third-order valence-corrected chi connectivity index (χ3v) is 6.91. The van der Waals surface area contributed by atoms with Crippen LogP contribution in [-0.4, -0.2) is 72.3 Å². The molecule has 2 aliphatic heterocycles. The number of aryl methyl sites for hydroxylation is 1. The van der Waals surface area contributed by atoms with E-state index in [0.717, 1.165) is 65.2 Å². The average Bonchev–Trinajstić information content (AvgIpc) is 3.25. The average molecular weight is 508 g/mol. The van der Waals surface area contributed by atoms with Gasteiger partial charge >= 0.3 is 6.09 Å². The number of hydrogen-bond acceptors (Lipinski definition) is 7. The number of carbonyl (C=O) groups excluding carboxylic acids is 1. The first-order chi connectivity index (χ1) is 17.7. The number of fused-ring (bicyclic) bond motifs is 1. The molecule has 0 saturated carbocycles. The number of hydrogen-bond donors (Lipinski definition) is 2. The second-order valence-electron chi connectivity index (χ2n) is 10.9. The molecular formula is C28H37N5O4. The van der Waals surface area contributed by atoms with Crippen LogP contribution in [0.25, 0.3) is 22.0 Å². The number of aromatic amines is 1. The molecule has 9 nitrogen and oxygen atoms in total. The van der Waals surface area contributed by atoms with E-state index in [9.17, 15) is 4.79 Å². The number of carbonyl (C=O) groups is 1. The number of rotatable bonds is 4. The minimum atomic E-state index is -0.505. The highest BCUT2D eigenvalue weighted by Crippen LogP contribution is 2.37. The molecule has 198 valence electrons. The Balaban J connectivity index is 1.39. The SMILES string of the molecule is Cc1n[nH]c2cc(-c3ccc(N)c(N4CCN(C(=O)OC(C)(C)C)CC4)c3)cc(OC3CCOCC3)c12. The topological polar surface area (TPSA) is 106 Å². The first-order valence-corrected chi connectivity index (χ1v) is 13.0. The van der Waals surface area contributed by atoms with Gasteiger partial charge in [-0.25, -0.2) is 4.79 Å². The Morgan fingerprint density at radius 2 is 1.81 bits per heavy atom. The third-order valence-electron chi connectivity index (χ3n) is 6.91. The van der Waals surface area contributed by atoms with Gasteiger partial charge in [0.15, 0.2) is 0 Å². The molecule has 2 fully saturated rings. The van der Waals surface area contributed by atoms with Crippen LogP contribution in [-0.2, 0) is 9.47 Å². The fourth-order valence-corrected chi connectivity index (χ4v) is 4.96. The van der Waals surface area contributed by atoms with E-state index in [1.54, 1.807) is 4.90 Å². The molecule has 0 spiro atoms. The van der Waals surface area contributed by atoms with Gasteiger partial charge < -0.3 is 29.7 Å². The van der Waals surface area contributed by atoms with E-state index in [-0.39, 0.29) is 12.2 Å². The molecule has 3 aromatic rings. The Bertz CT molecular complexity index is 1270. The monoisotopic (exact) mass is 507 g/mol. The van der Waals surface area contributed by atoms with Crippen LogP contribution in [0.3, 0.4) is 0 Å². The number of aromatic nitrogens is 2. The van der Waals surface area contributed by atoms with Crippen LogP contribution in [0.1, 0.15) is 39.3 Å². The number of piperazine rings is 1. The van der Waals surface area contributed by atoms with Gasteiger partial charge in [-0.1, -0.05) is 6.07 Å².